The second kappa shape index (κ2) is 7.31. The number of nitrogens with zero attached hydrogens (tertiary/aromatic N) is 1. The minimum atomic E-state index is 0.811. The molecule has 0 aromatic carbocycles. The Balaban J connectivity index is 2.32. The summed E-state index contributed by atoms with van der Waals surface area (Å²) in [5.74, 6) is 0. The van der Waals surface area contributed by atoms with Crippen LogP contribution in [0, 0.1) is 19.1 Å². The van der Waals surface area contributed by atoms with Gasteiger partial charge in [0.2, 0.25) is 0 Å². The summed E-state index contributed by atoms with van der Waals surface area (Å²) in [5, 5.41) is 11.5. The Hall–Kier alpha value is -1.05. The van der Waals surface area contributed by atoms with Gasteiger partial charge in [0.1, 0.15) is 0 Å². The molecule has 0 aliphatic carbocycles. The highest BCUT2D eigenvalue weighted by Gasteiger charge is 2.06. The molecule has 0 fully saturated rings. The maximum Gasteiger partial charge on any atom is 0.190 e. The van der Waals surface area contributed by atoms with Gasteiger partial charge in [-0.3, -0.25) is 0 Å². The second-order valence-corrected chi connectivity index (χ2v) is 4.96. The third kappa shape index (κ3) is 4.76. The van der Waals surface area contributed by atoms with Crippen molar-refractivity contribution in [3.63, 3.8) is 0 Å². The molecule has 0 radical (unpaired) electrons. The average Bonchev–Trinajstić information content (AvgIpc) is 2.30. The number of aromatic nitrogens is 1. The van der Waals surface area contributed by atoms with E-state index in [-0.39, 0.29) is 0 Å². The normalized spacial score (nSPS) is 10.8. The van der Waals surface area contributed by atoms with Gasteiger partial charge >= 0.3 is 0 Å². The topological polar surface area (TPSA) is 26.9 Å². The standard InChI is InChI=1S/C15H25NO/c1-4-5-6-7-8-9-10-15-11-13(2)16(17)14(3)12-15/h11-12H,4-10H2,1-3H3. The molecule has 96 valence electrons. The van der Waals surface area contributed by atoms with Gasteiger partial charge in [-0.15, -0.1) is 0 Å². The number of rotatable bonds is 7. The maximum absolute atomic E-state index is 11.5. The van der Waals surface area contributed by atoms with Gasteiger partial charge in [0.15, 0.2) is 11.4 Å². The van der Waals surface area contributed by atoms with Crippen molar-refractivity contribution < 1.29 is 4.73 Å². The Morgan fingerprint density at radius 1 is 0.941 bits per heavy atom. The number of pyridine rings is 1. The zero-order valence-electron chi connectivity index (χ0n) is 11.5. The number of unbranched alkanes of at least 4 members (excludes halogenated alkanes) is 5. The van der Waals surface area contributed by atoms with Crippen molar-refractivity contribution in [2.45, 2.75) is 65.7 Å². The van der Waals surface area contributed by atoms with E-state index in [4.69, 9.17) is 0 Å². The summed E-state index contributed by atoms with van der Waals surface area (Å²) < 4.78 is 1.00. The van der Waals surface area contributed by atoms with Gasteiger partial charge in [-0.2, -0.15) is 4.73 Å². The van der Waals surface area contributed by atoms with Crippen LogP contribution in [-0.4, -0.2) is 0 Å². The first-order chi connectivity index (χ1) is 8.15. The lowest BCUT2D eigenvalue weighted by molar-refractivity contribution is -0.619. The monoisotopic (exact) mass is 235 g/mol. The molecule has 0 aliphatic rings. The van der Waals surface area contributed by atoms with Gasteiger partial charge in [-0.05, 0) is 18.4 Å². The minimum Gasteiger partial charge on any atom is -0.618 e. The lowest BCUT2D eigenvalue weighted by Crippen LogP contribution is -2.33. The van der Waals surface area contributed by atoms with E-state index in [1.54, 1.807) is 0 Å². The molecule has 0 saturated heterocycles. The maximum atomic E-state index is 11.5. The molecule has 0 amide bonds. The Bertz CT molecular complexity index is 324. The molecule has 1 aromatic heterocycles. The zero-order chi connectivity index (χ0) is 12.7. The molecule has 0 saturated carbocycles. The summed E-state index contributed by atoms with van der Waals surface area (Å²) in [5.41, 5.74) is 2.93. The van der Waals surface area contributed by atoms with Gasteiger partial charge in [0.25, 0.3) is 0 Å². The molecule has 1 aromatic rings. The number of aryl methyl sites for hydroxylation is 3. The fourth-order valence-corrected chi connectivity index (χ4v) is 2.23. The van der Waals surface area contributed by atoms with Gasteiger partial charge in [-0.1, -0.05) is 39.0 Å². The predicted octanol–water partition coefficient (Wildman–Crippen LogP) is 3.84. The summed E-state index contributed by atoms with van der Waals surface area (Å²) >= 11 is 0. The summed E-state index contributed by atoms with van der Waals surface area (Å²) in [4.78, 5) is 0. The van der Waals surface area contributed by atoms with Gasteiger partial charge < -0.3 is 5.21 Å². The minimum absolute atomic E-state index is 0.811. The Labute approximate surface area is 105 Å². The molecule has 2 nitrogen and oxygen atoms in total. The molecule has 1 rings (SSSR count). The molecule has 2 heteroatoms. The highest BCUT2D eigenvalue weighted by Crippen LogP contribution is 2.11. The van der Waals surface area contributed by atoms with Crippen LogP contribution in [0.4, 0.5) is 0 Å². The van der Waals surface area contributed by atoms with Crippen molar-refractivity contribution in [2.75, 3.05) is 0 Å². The van der Waals surface area contributed by atoms with Crippen LogP contribution in [0.1, 0.15) is 62.4 Å². The average molecular weight is 235 g/mol. The molecule has 0 atom stereocenters. The molecule has 0 N–H and O–H groups in total. The third-order valence-corrected chi connectivity index (χ3v) is 3.25. The summed E-state index contributed by atoms with van der Waals surface area (Å²) in [6.45, 7) is 6.00. The highest BCUT2D eigenvalue weighted by atomic mass is 16.5. The smallest absolute Gasteiger partial charge is 0.190 e. The van der Waals surface area contributed by atoms with Gasteiger partial charge in [-0.25, -0.2) is 0 Å². The van der Waals surface area contributed by atoms with E-state index in [1.165, 1.54) is 44.1 Å². The van der Waals surface area contributed by atoms with E-state index in [9.17, 15) is 5.21 Å². The van der Waals surface area contributed by atoms with E-state index >= 15 is 0 Å². The summed E-state index contributed by atoms with van der Waals surface area (Å²) in [6.07, 6.45) is 9.04. The lowest BCUT2D eigenvalue weighted by atomic mass is 10.0. The molecule has 1 heterocycles. The van der Waals surface area contributed by atoms with E-state index in [2.05, 4.69) is 6.92 Å². The van der Waals surface area contributed by atoms with E-state index in [0.29, 0.717) is 0 Å². The van der Waals surface area contributed by atoms with Crippen LogP contribution >= 0.6 is 0 Å². The first-order valence-electron chi connectivity index (χ1n) is 6.85. The Morgan fingerprint density at radius 2 is 1.47 bits per heavy atom. The fraction of sp³-hybridized carbons (Fsp3) is 0.667. The first-order valence-corrected chi connectivity index (χ1v) is 6.85. The van der Waals surface area contributed by atoms with E-state index < -0.39 is 0 Å². The summed E-state index contributed by atoms with van der Waals surface area (Å²) in [6, 6.07) is 4.04. The largest absolute Gasteiger partial charge is 0.618 e. The molecule has 0 bridgehead atoms. The molecule has 0 spiro atoms. The van der Waals surface area contributed by atoms with Crippen molar-refractivity contribution in [3.8, 4) is 0 Å². The van der Waals surface area contributed by atoms with Crippen LogP contribution < -0.4 is 4.73 Å². The van der Waals surface area contributed by atoms with Crippen molar-refractivity contribution in [2.24, 2.45) is 0 Å². The van der Waals surface area contributed by atoms with E-state index in [0.717, 1.165) is 22.5 Å². The third-order valence-electron chi connectivity index (χ3n) is 3.25. The molecule has 17 heavy (non-hydrogen) atoms. The van der Waals surface area contributed by atoms with Crippen LogP contribution in [0.2, 0.25) is 0 Å². The van der Waals surface area contributed by atoms with E-state index in [1.807, 2.05) is 26.0 Å². The van der Waals surface area contributed by atoms with Crippen LogP contribution in [0.5, 0.6) is 0 Å². The van der Waals surface area contributed by atoms with Gasteiger partial charge in [0.05, 0.1) is 0 Å². The first kappa shape index (κ1) is 14.0. The van der Waals surface area contributed by atoms with Crippen molar-refractivity contribution in [1.82, 2.24) is 0 Å². The van der Waals surface area contributed by atoms with Crippen LogP contribution in [0.3, 0.4) is 0 Å². The highest BCUT2D eigenvalue weighted by molar-refractivity contribution is 5.16. The van der Waals surface area contributed by atoms with Gasteiger partial charge in [0, 0.05) is 26.0 Å². The SMILES string of the molecule is CCCCCCCCc1cc(C)[n+]([O-])c(C)c1. The molecular weight excluding hydrogens is 210 g/mol. The number of hydrogen-bond donors (Lipinski definition) is 0. The fourth-order valence-electron chi connectivity index (χ4n) is 2.23. The Morgan fingerprint density at radius 3 is 2.06 bits per heavy atom. The molecule has 0 aliphatic heterocycles. The van der Waals surface area contributed by atoms with Crippen molar-refractivity contribution in [3.05, 3.63) is 34.3 Å². The van der Waals surface area contributed by atoms with Crippen LogP contribution in [-0.2, 0) is 6.42 Å². The molecular formula is C15H25NO. The second-order valence-electron chi connectivity index (χ2n) is 4.96. The summed E-state index contributed by atoms with van der Waals surface area (Å²) in [7, 11) is 0. The number of hydrogen-bond acceptors (Lipinski definition) is 1. The zero-order valence-corrected chi connectivity index (χ0v) is 11.5. The molecule has 0 unspecified atom stereocenters. The predicted molar refractivity (Wildman–Crippen MR) is 72.0 cm³/mol. The Kier molecular flexibility index (Phi) is 6.03. The lowest BCUT2D eigenvalue weighted by Gasteiger charge is -2.07. The van der Waals surface area contributed by atoms with Crippen molar-refractivity contribution in [1.29, 1.82) is 0 Å². The quantitative estimate of drug-likeness (QED) is 0.401. The van der Waals surface area contributed by atoms with Crippen LogP contribution in [0.25, 0.3) is 0 Å². The van der Waals surface area contributed by atoms with Crippen LogP contribution in [0.15, 0.2) is 12.1 Å². The van der Waals surface area contributed by atoms with Crippen molar-refractivity contribution >= 4 is 0 Å².